The van der Waals surface area contributed by atoms with Gasteiger partial charge in [-0.3, -0.25) is 0 Å². The topological polar surface area (TPSA) is 47.6 Å². The molecule has 1 aromatic carbocycles. The van der Waals surface area contributed by atoms with Crippen LogP contribution in [0.1, 0.15) is 6.92 Å². The summed E-state index contributed by atoms with van der Waals surface area (Å²) >= 11 is 3.05. The zero-order chi connectivity index (χ0) is 14.6. The summed E-state index contributed by atoms with van der Waals surface area (Å²) in [5, 5.41) is 2.59. The van der Waals surface area contributed by atoms with Crippen LogP contribution < -0.4 is 10.1 Å². The highest BCUT2D eigenvalue weighted by Gasteiger charge is 2.32. The van der Waals surface area contributed by atoms with E-state index in [9.17, 15) is 18.0 Å². The lowest BCUT2D eigenvalue weighted by Gasteiger charge is -2.17. The number of nitrogens with one attached hydrogen (secondary N) is 1. The van der Waals surface area contributed by atoms with E-state index in [1.807, 2.05) is 0 Å². The highest BCUT2D eigenvalue weighted by molar-refractivity contribution is 9.10. The Hall–Kier alpha value is -1.44. The van der Waals surface area contributed by atoms with Gasteiger partial charge in [-0.1, -0.05) is 15.9 Å². The molecule has 0 fully saturated rings. The Morgan fingerprint density at radius 3 is 2.58 bits per heavy atom. The second kappa shape index (κ2) is 6.14. The molecular weight excluding hydrogens is 331 g/mol. The average Bonchev–Trinajstić information content (AvgIpc) is 2.29. The third-order valence-electron chi connectivity index (χ3n) is 2.10. The largest absolute Gasteiger partial charge is 0.573 e. The molecule has 0 radical (unpaired) electrons. The van der Waals surface area contributed by atoms with Crippen LogP contribution >= 0.6 is 15.9 Å². The molecule has 4 nitrogen and oxygen atoms in total. The molecule has 8 heteroatoms. The predicted molar refractivity (Wildman–Crippen MR) is 65.9 cm³/mol. The summed E-state index contributed by atoms with van der Waals surface area (Å²) in [6.45, 7) is 1.46. The SMILES string of the molecule is COC(=O)C(C)Nc1ccc(Br)cc1OC(F)(F)F. The Bertz CT molecular complexity index is 465. The predicted octanol–water partition coefficient (Wildman–Crippen LogP) is 3.32. The van der Waals surface area contributed by atoms with Crippen LogP contribution in [0.3, 0.4) is 0 Å². The van der Waals surface area contributed by atoms with Gasteiger partial charge in [0, 0.05) is 4.47 Å². The lowest BCUT2D eigenvalue weighted by molar-refractivity contribution is -0.274. The molecule has 0 heterocycles. The van der Waals surface area contributed by atoms with Crippen LogP contribution in [0, 0.1) is 0 Å². The number of benzene rings is 1. The number of halogens is 4. The van der Waals surface area contributed by atoms with Crippen molar-refractivity contribution in [3.8, 4) is 5.75 Å². The first kappa shape index (κ1) is 15.6. The molecular formula is C11H11BrF3NO3. The number of rotatable bonds is 4. The van der Waals surface area contributed by atoms with E-state index in [2.05, 4.69) is 30.7 Å². The monoisotopic (exact) mass is 341 g/mol. The molecule has 0 saturated carbocycles. The molecule has 0 bridgehead atoms. The number of alkyl halides is 3. The van der Waals surface area contributed by atoms with Gasteiger partial charge in [0.2, 0.25) is 0 Å². The summed E-state index contributed by atoms with van der Waals surface area (Å²) in [5.41, 5.74) is 0.0402. The van der Waals surface area contributed by atoms with Crippen LogP contribution in [-0.4, -0.2) is 25.5 Å². The van der Waals surface area contributed by atoms with Gasteiger partial charge in [-0.15, -0.1) is 13.2 Å². The van der Waals surface area contributed by atoms with Gasteiger partial charge in [0.25, 0.3) is 0 Å². The van der Waals surface area contributed by atoms with Gasteiger partial charge in [-0.05, 0) is 25.1 Å². The van der Waals surface area contributed by atoms with Gasteiger partial charge in [-0.25, -0.2) is 4.79 Å². The maximum Gasteiger partial charge on any atom is 0.573 e. The van der Waals surface area contributed by atoms with Crippen molar-refractivity contribution in [2.45, 2.75) is 19.3 Å². The van der Waals surface area contributed by atoms with E-state index in [0.29, 0.717) is 4.47 Å². The van der Waals surface area contributed by atoms with E-state index < -0.39 is 24.1 Å². The number of anilines is 1. The van der Waals surface area contributed by atoms with Crippen molar-refractivity contribution in [1.29, 1.82) is 0 Å². The number of ether oxygens (including phenoxy) is 2. The fourth-order valence-electron chi connectivity index (χ4n) is 1.29. The van der Waals surface area contributed by atoms with Gasteiger partial charge < -0.3 is 14.8 Å². The molecule has 0 aliphatic carbocycles. The number of hydrogen-bond acceptors (Lipinski definition) is 4. The first-order chi connectivity index (χ1) is 8.73. The average molecular weight is 342 g/mol. The highest BCUT2D eigenvalue weighted by atomic mass is 79.9. The molecule has 0 aliphatic heterocycles. The van der Waals surface area contributed by atoms with Crippen LogP contribution in [0.25, 0.3) is 0 Å². The normalized spacial score (nSPS) is 12.7. The number of carbonyl (C=O) groups excluding carboxylic acids is 1. The van der Waals surface area contributed by atoms with Gasteiger partial charge >= 0.3 is 12.3 Å². The fraction of sp³-hybridized carbons (Fsp3) is 0.364. The Balaban J connectivity index is 2.97. The third kappa shape index (κ3) is 4.98. The molecule has 106 valence electrons. The van der Waals surface area contributed by atoms with Gasteiger partial charge in [0.1, 0.15) is 6.04 Å². The van der Waals surface area contributed by atoms with Crippen LogP contribution in [0.2, 0.25) is 0 Å². The molecule has 19 heavy (non-hydrogen) atoms. The standard InChI is InChI=1S/C11H11BrF3NO3/c1-6(10(17)18-2)16-8-4-3-7(12)5-9(8)19-11(13,14)15/h3-6,16H,1-2H3. The van der Waals surface area contributed by atoms with Crippen molar-refractivity contribution < 1.29 is 27.4 Å². The Morgan fingerprint density at radius 1 is 1.42 bits per heavy atom. The van der Waals surface area contributed by atoms with E-state index in [1.54, 1.807) is 0 Å². The lowest BCUT2D eigenvalue weighted by atomic mass is 10.2. The summed E-state index contributed by atoms with van der Waals surface area (Å²) in [6.07, 6.45) is -4.81. The zero-order valence-electron chi connectivity index (χ0n) is 10.0. The van der Waals surface area contributed by atoms with E-state index in [0.717, 1.165) is 6.07 Å². The maximum absolute atomic E-state index is 12.3. The molecule has 0 aliphatic rings. The first-order valence-corrected chi connectivity index (χ1v) is 5.92. The number of carbonyl (C=O) groups is 1. The summed E-state index contributed by atoms with van der Waals surface area (Å²) in [7, 11) is 1.19. The van der Waals surface area contributed by atoms with Crippen molar-refractivity contribution in [2.24, 2.45) is 0 Å². The molecule has 1 unspecified atom stereocenters. The van der Waals surface area contributed by atoms with Crippen LogP contribution in [0.15, 0.2) is 22.7 Å². The van der Waals surface area contributed by atoms with Crippen molar-refractivity contribution in [3.05, 3.63) is 22.7 Å². The number of methoxy groups -OCH3 is 1. The van der Waals surface area contributed by atoms with Gasteiger partial charge in [0.15, 0.2) is 5.75 Å². The fourth-order valence-corrected chi connectivity index (χ4v) is 1.63. The van der Waals surface area contributed by atoms with Crippen molar-refractivity contribution in [3.63, 3.8) is 0 Å². The minimum atomic E-state index is -4.81. The first-order valence-electron chi connectivity index (χ1n) is 5.12. The van der Waals surface area contributed by atoms with E-state index in [-0.39, 0.29) is 5.69 Å². The van der Waals surface area contributed by atoms with Gasteiger partial charge in [0.05, 0.1) is 12.8 Å². The Kier molecular flexibility index (Phi) is 5.04. The Labute approximate surface area is 116 Å². The molecule has 0 saturated heterocycles. The second-order valence-corrected chi connectivity index (χ2v) is 4.49. The minimum Gasteiger partial charge on any atom is -0.467 e. The molecule has 1 N–H and O–H groups in total. The van der Waals surface area contributed by atoms with E-state index in [1.165, 1.54) is 26.2 Å². The van der Waals surface area contributed by atoms with E-state index >= 15 is 0 Å². The molecule has 1 aromatic rings. The van der Waals surface area contributed by atoms with Crippen molar-refractivity contribution in [2.75, 3.05) is 12.4 Å². The molecule has 1 atom stereocenters. The summed E-state index contributed by atoms with van der Waals surface area (Å²) in [4.78, 5) is 11.2. The minimum absolute atomic E-state index is 0.0402. The molecule has 0 spiro atoms. The quantitative estimate of drug-likeness (QED) is 0.853. The summed E-state index contributed by atoms with van der Waals surface area (Å²) in [6, 6.07) is 3.24. The van der Waals surface area contributed by atoms with Crippen LogP contribution in [0.5, 0.6) is 5.75 Å². The smallest absolute Gasteiger partial charge is 0.467 e. The maximum atomic E-state index is 12.3. The van der Waals surface area contributed by atoms with Gasteiger partial charge in [-0.2, -0.15) is 0 Å². The number of hydrogen-bond donors (Lipinski definition) is 1. The lowest BCUT2D eigenvalue weighted by Crippen LogP contribution is -2.28. The number of esters is 1. The zero-order valence-corrected chi connectivity index (χ0v) is 11.6. The second-order valence-electron chi connectivity index (χ2n) is 3.58. The summed E-state index contributed by atoms with van der Waals surface area (Å²) < 4.78 is 45.6. The summed E-state index contributed by atoms with van der Waals surface area (Å²) in [5.74, 6) is -1.03. The van der Waals surface area contributed by atoms with E-state index in [4.69, 9.17) is 0 Å². The molecule has 0 amide bonds. The van der Waals surface area contributed by atoms with Crippen molar-refractivity contribution in [1.82, 2.24) is 0 Å². The third-order valence-corrected chi connectivity index (χ3v) is 2.59. The molecule has 0 aromatic heterocycles. The van der Waals surface area contributed by atoms with Crippen molar-refractivity contribution >= 4 is 27.6 Å². The Morgan fingerprint density at radius 2 is 2.05 bits per heavy atom. The highest BCUT2D eigenvalue weighted by Crippen LogP contribution is 2.33. The van der Waals surface area contributed by atoms with Crippen LogP contribution in [-0.2, 0) is 9.53 Å². The molecule has 1 rings (SSSR count). The van der Waals surface area contributed by atoms with Crippen LogP contribution in [0.4, 0.5) is 18.9 Å².